The molecule has 0 spiro atoms. The van der Waals surface area contributed by atoms with Crippen molar-refractivity contribution in [2.75, 3.05) is 13.7 Å². The summed E-state index contributed by atoms with van der Waals surface area (Å²) >= 11 is 0. The highest BCUT2D eigenvalue weighted by Crippen LogP contribution is 2.42. The third-order valence-electron chi connectivity index (χ3n) is 5.26. The number of carbonyl (C=O) groups excluding carboxylic acids is 2. The zero-order valence-electron chi connectivity index (χ0n) is 15.5. The lowest BCUT2D eigenvalue weighted by atomic mass is 9.79. The Bertz CT molecular complexity index is 783. The zero-order chi connectivity index (χ0) is 19.3. The van der Waals surface area contributed by atoms with Crippen molar-refractivity contribution in [3.05, 3.63) is 71.5 Å². The minimum absolute atomic E-state index is 0.251. The summed E-state index contributed by atoms with van der Waals surface area (Å²) in [6.45, 7) is 0.172. The molecule has 5 heteroatoms. The number of likely N-dealkylation sites (N-methyl/N-ethyl adjacent to an activating group) is 1. The van der Waals surface area contributed by atoms with Crippen LogP contribution < -0.4 is 0 Å². The highest BCUT2D eigenvalue weighted by atomic mass is 19.1. The quantitative estimate of drug-likeness (QED) is 0.727. The lowest BCUT2D eigenvalue weighted by Crippen LogP contribution is -2.38. The first kappa shape index (κ1) is 19.1. The number of amides is 1. The fourth-order valence-electron chi connectivity index (χ4n) is 3.68. The molecule has 2 aromatic carbocycles. The van der Waals surface area contributed by atoms with Crippen LogP contribution in [-0.2, 0) is 26.3 Å². The van der Waals surface area contributed by atoms with Crippen molar-refractivity contribution >= 4 is 11.9 Å². The summed E-state index contributed by atoms with van der Waals surface area (Å²) < 4.78 is 18.7. The fourth-order valence-corrected chi connectivity index (χ4v) is 3.68. The van der Waals surface area contributed by atoms with Gasteiger partial charge in [-0.3, -0.25) is 9.59 Å². The Kier molecular flexibility index (Phi) is 5.89. The minimum atomic E-state index is -0.772. The molecule has 142 valence electrons. The molecule has 1 amide bonds. The van der Waals surface area contributed by atoms with Crippen molar-refractivity contribution in [1.29, 1.82) is 0 Å². The molecule has 0 N–H and O–H groups in total. The molecule has 2 aromatic rings. The van der Waals surface area contributed by atoms with E-state index in [9.17, 15) is 14.0 Å². The van der Waals surface area contributed by atoms with Crippen LogP contribution in [0.15, 0.2) is 54.6 Å². The van der Waals surface area contributed by atoms with Gasteiger partial charge in [-0.1, -0.05) is 55.3 Å². The van der Waals surface area contributed by atoms with E-state index in [1.807, 2.05) is 30.3 Å². The number of benzene rings is 2. The van der Waals surface area contributed by atoms with Crippen LogP contribution in [-0.4, -0.2) is 30.4 Å². The predicted octanol–water partition coefficient (Wildman–Crippen LogP) is 3.84. The van der Waals surface area contributed by atoms with Crippen molar-refractivity contribution in [2.24, 2.45) is 0 Å². The maximum Gasteiger partial charge on any atom is 0.317 e. The average Bonchev–Trinajstić information content (AvgIpc) is 3.18. The van der Waals surface area contributed by atoms with E-state index in [-0.39, 0.29) is 18.3 Å². The highest BCUT2D eigenvalue weighted by Gasteiger charge is 2.44. The second-order valence-electron chi connectivity index (χ2n) is 7.11. The van der Waals surface area contributed by atoms with E-state index in [2.05, 4.69) is 0 Å². The summed E-state index contributed by atoms with van der Waals surface area (Å²) in [6.07, 6.45) is 3.14. The monoisotopic (exact) mass is 369 g/mol. The molecule has 0 atom stereocenters. The van der Waals surface area contributed by atoms with Gasteiger partial charge >= 0.3 is 5.97 Å². The number of halogens is 1. The van der Waals surface area contributed by atoms with Crippen LogP contribution in [0.25, 0.3) is 0 Å². The van der Waals surface area contributed by atoms with E-state index >= 15 is 0 Å². The van der Waals surface area contributed by atoms with E-state index in [0.29, 0.717) is 19.4 Å². The lowest BCUT2D eigenvalue weighted by molar-refractivity contribution is -0.156. The van der Waals surface area contributed by atoms with Crippen LogP contribution in [0.4, 0.5) is 4.39 Å². The third-order valence-corrected chi connectivity index (χ3v) is 5.26. The first-order valence-electron chi connectivity index (χ1n) is 9.22. The number of hydrogen-bond acceptors (Lipinski definition) is 3. The van der Waals surface area contributed by atoms with Gasteiger partial charge in [0.05, 0.1) is 5.41 Å². The van der Waals surface area contributed by atoms with Crippen molar-refractivity contribution in [1.82, 2.24) is 4.90 Å². The SMILES string of the molecule is CN(Cc1ccccc1)C(=O)COC(=O)C1(c2ccc(F)cc2)CCCC1. The number of esters is 1. The van der Waals surface area contributed by atoms with Gasteiger partial charge in [0.25, 0.3) is 5.91 Å². The molecule has 0 saturated heterocycles. The first-order valence-corrected chi connectivity index (χ1v) is 9.22. The van der Waals surface area contributed by atoms with Crippen LogP contribution in [0, 0.1) is 5.82 Å². The highest BCUT2D eigenvalue weighted by molar-refractivity contribution is 5.86. The molecule has 0 aliphatic heterocycles. The van der Waals surface area contributed by atoms with Gasteiger partial charge in [-0.15, -0.1) is 0 Å². The summed E-state index contributed by atoms with van der Waals surface area (Å²) in [7, 11) is 1.69. The first-order chi connectivity index (χ1) is 13.0. The van der Waals surface area contributed by atoms with Crippen LogP contribution >= 0.6 is 0 Å². The molecule has 1 aliphatic carbocycles. The Morgan fingerprint density at radius 3 is 2.30 bits per heavy atom. The second-order valence-corrected chi connectivity index (χ2v) is 7.11. The molecule has 1 saturated carbocycles. The molecule has 0 unspecified atom stereocenters. The predicted molar refractivity (Wildman–Crippen MR) is 100 cm³/mol. The molecule has 4 nitrogen and oxygen atoms in total. The summed E-state index contributed by atoms with van der Waals surface area (Å²) in [5, 5.41) is 0. The Balaban J connectivity index is 1.62. The summed E-state index contributed by atoms with van der Waals surface area (Å²) in [5.74, 6) is -0.981. The van der Waals surface area contributed by atoms with Gasteiger partial charge < -0.3 is 9.64 Å². The molecule has 0 bridgehead atoms. The van der Waals surface area contributed by atoms with Gasteiger partial charge in [0.1, 0.15) is 5.82 Å². The third kappa shape index (κ3) is 4.35. The van der Waals surface area contributed by atoms with E-state index in [0.717, 1.165) is 24.0 Å². The van der Waals surface area contributed by atoms with Gasteiger partial charge in [0, 0.05) is 13.6 Å². The van der Waals surface area contributed by atoms with Gasteiger partial charge in [-0.25, -0.2) is 4.39 Å². The molecule has 0 heterocycles. The molecule has 0 radical (unpaired) electrons. The topological polar surface area (TPSA) is 46.6 Å². The summed E-state index contributed by atoms with van der Waals surface area (Å²) in [6, 6.07) is 15.7. The molecule has 3 rings (SSSR count). The number of carbonyl (C=O) groups is 2. The van der Waals surface area contributed by atoms with Crippen molar-refractivity contribution in [2.45, 2.75) is 37.6 Å². The van der Waals surface area contributed by atoms with Crippen LogP contribution in [0.1, 0.15) is 36.8 Å². The Morgan fingerprint density at radius 2 is 1.67 bits per heavy atom. The van der Waals surface area contributed by atoms with Crippen molar-refractivity contribution in [3.63, 3.8) is 0 Å². The van der Waals surface area contributed by atoms with Crippen LogP contribution in [0.2, 0.25) is 0 Å². The molecule has 27 heavy (non-hydrogen) atoms. The van der Waals surface area contributed by atoms with E-state index < -0.39 is 11.4 Å². The molecule has 1 aliphatic rings. The summed E-state index contributed by atoms with van der Waals surface area (Å²) in [5.41, 5.74) is 1.00. The standard InChI is InChI=1S/C22H24FNO3/c1-24(15-17-7-3-2-4-8-17)20(25)16-27-21(26)22(13-5-6-14-22)18-9-11-19(23)12-10-18/h2-4,7-12H,5-6,13-16H2,1H3. The molecule has 0 aromatic heterocycles. The number of hydrogen-bond donors (Lipinski definition) is 0. The Labute approximate surface area is 158 Å². The average molecular weight is 369 g/mol. The maximum absolute atomic E-state index is 13.3. The maximum atomic E-state index is 13.3. The number of ether oxygens (including phenoxy) is 1. The number of nitrogens with zero attached hydrogens (tertiary/aromatic N) is 1. The van der Waals surface area contributed by atoms with Gasteiger partial charge in [0.2, 0.25) is 0 Å². The Hall–Kier alpha value is -2.69. The van der Waals surface area contributed by atoms with E-state index in [4.69, 9.17) is 4.74 Å². The van der Waals surface area contributed by atoms with Crippen molar-refractivity contribution in [3.8, 4) is 0 Å². The number of rotatable bonds is 6. The van der Waals surface area contributed by atoms with E-state index in [1.54, 1.807) is 24.1 Å². The van der Waals surface area contributed by atoms with E-state index in [1.165, 1.54) is 12.1 Å². The minimum Gasteiger partial charge on any atom is -0.455 e. The smallest absolute Gasteiger partial charge is 0.317 e. The normalized spacial score (nSPS) is 15.3. The van der Waals surface area contributed by atoms with Crippen LogP contribution in [0.5, 0.6) is 0 Å². The molecule has 1 fully saturated rings. The van der Waals surface area contributed by atoms with Crippen molar-refractivity contribution < 1.29 is 18.7 Å². The van der Waals surface area contributed by atoms with Gasteiger partial charge in [-0.05, 0) is 36.1 Å². The lowest BCUT2D eigenvalue weighted by Gasteiger charge is -2.27. The van der Waals surface area contributed by atoms with Gasteiger partial charge in [-0.2, -0.15) is 0 Å². The van der Waals surface area contributed by atoms with Crippen LogP contribution in [0.3, 0.4) is 0 Å². The second kappa shape index (κ2) is 8.33. The summed E-state index contributed by atoms with van der Waals surface area (Å²) in [4.78, 5) is 26.7. The fraction of sp³-hybridized carbons (Fsp3) is 0.364. The molecular formula is C22H24FNO3. The van der Waals surface area contributed by atoms with Gasteiger partial charge in [0.15, 0.2) is 6.61 Å². The Morgan fingerprint density at radius 1 is 1.04 bits per heavy atom. The zero-order valence-corrected chi connectivity index (χ0v) is 15.5. The molecular weight excluding hydrogens is 345 g/mol. The largest absolute Gasteiger partial charge is 0.455 e.